The second-order valence-electron chi connectivity index (χ2n) is 7.58. The Hall–Kier alpha value is -1.59. The Morgan fingerprint density at radius 1 is 1.30 bits per heavy atom. The van der Waals surface area contributed by atoms with Crippen molar-refractivity contribution in [1.82, 2.24) is 0 Å². The number of benzene rings is 1. The number of carbonyl (C=O) groups is 2. The lowest BCUT2D eigenvalue weighted by molar-refractivity contribution is -0.137. The van der Waals surface area contributed by atoms with Gasteiger partial charge in [-0.3, -0.25) is 9.59 Å². The van der Waals surface area contributed by atoms with Crippen molar-refractivity contribution >= 4 is 23.5 Å². The fraction of sp³-hybridized carbons (Fsp3) is 0.600. The molecule has 1 aliphatic carbocycles. The molecule has 1 N–H and O–H groups in total. The highest BCUT2D eigenvalue weighted by Crippen LogP contribution is 2.23. The quantitative estimate of drug-likeness (QED) is 0.301. The number of carboxylic acid groups (broad SMARTS) is 1. The fourth-order valence-corrected chi connectivity index (χ4v) is 3.86. The van der Waals surface area contributed by atoms with Gasteiger partial charge in [0.05, 0.1) is 6.61 Å². The van der Waals surface area contributed by atoms with Gasteiger partial charge >= 0.3 is 5.97 Å². The number of hydrogen-bond donors (Lipinski definition) is 1. The molecule has 0 bridgehead atoms. The molecule has 1 fully saturated rings. The predicted molar refractivity (Wildman–Crippen MR) is 126 cm³/mol. The van der Waals surface area contributed by atoms with Crippen LogP contribution >= 0.6 is 11.8 Å². The van der Waals surface area contributed by atoms with E-state index in [2.05, 4.69) is 50.3 Å². The summed E-state index contributed by atoms with van der Waals surface area (Å²) in [6.45, 7) is 5.74. The molecule has 0 aliphatic heterocycles. The molecule has 1 aromatic rings. The summed E-state index contributed by atoms with van der Waals surface area (Å²) in [5.41, 5.74) is 2.62. The molecule has 168 valence electrons. The van der Waals surface area contributed by atoms with Crippen LogP contribution < -0.4 is 0 Å². The number of aliphatic carboxylic acids is 1. The number of allylic oxidation sites excluding steroid dienone is 2. The third kappa shape index (κ3) is 13.6. The first-order valence-electron chi connectivity index (χ1n) is 11.2. The number of rotatable bonds is 13. The smallest absolute Gasteiger partial charge is 0.303 e. The number of aryl methyl sites for hydroxylation is 1. The van der Waals surface area contributed by atoms with Gasteiger partial charge in [0, 0.05) is 25.9 Å². The molecule has 0 aromatic heterocycles. The standard InChI is InChI=1S/C19H26O2.C6H12O2S/c1-2-12-21-15-18-9-5-8-16(13-18)6-3-4-7-17-10-11-19(20)14-17;1-2-9-5-3-4-6(7)8/h4-5,7-9,13,17H,2-3,6,10-12,14-15H2,1H3;2-5H2,1H3,(H,7,8)/b7-4+;/t17-;/m0./s1. The number of ether oxygens (including phenoxy) is 1. The van der Waals surface area contributed by atoms with E-state index >= 15 is 0 Å². The molecule has 0 heterocycles. The molecule has 0 radical (unpaired) electrons. The van der Waals surface area contributed by atoms with Crippen molar-refractivity contribution < 1.29 is 19.4 Å². The number of ketones is 1. The Morgan fingerprint density at radius 3 is 2.77 bits per heavy atom. The monoisotopic (exact) mass is 434 g/mol. The van der Waals surface area contributed by atoms with E-state index in [9.17, 15) is 9.59 Å². The molecule has 1 atom stereocenters. The molecule has 5 heteroatoms. The van der Waals surface area contributed by atoms with Gasteiger partial charge in [-0.05, 0) is 60.7 Å². The fourth-order valence-electron chi connectivity index (χ4n) is 3.22. The first-order valence-corrected chi connectivity index (χ1v) is 12.3. The zero-order valence-corrected chi connectivity index (χ0v) is 19.4. The molecule has 1 aliphatic rings. The SMILES string of the molecule is CCCOCc1cccc(CC/C=C/[C@H]2CCC(=O)C2)c1.CCSCCCC(=O)O. The van der Waals surface area contributed by atoms with Crippen molar-refractivity contribution in [1.29, 1.82) is 0 Å². The number of carboxylic acids is 1. The average molecular weight is 435 g/mol. The molecule has 0 spiro atoms. The van der Waals surface area contributed by atoms with Crippen LogP contribution in [0.15, 0.2) is 36.4 Å². The maximum absolute atomic E-state index is 11.2. The van der Waals surface area contributed by atoms with E-state index in [0.29, 0.717) is 24.7 Å². The van der Waals surface area contributed by atoms with Crippen LogP contribution in [-0.2, 0) is 27.4 Å². The van der Waals surface area contributed by atoms with Crippen molar-refractivity contribution in [3.63, 3.8) is 0 Å². The van der Waals surface area contributed by atoms with Gasteiger partial charge in [-0.1, -0.05) is 50.3 Å². The average Bonchev–Trinajstić information content (AvgIpc) is 3.15. The molecule has 4 nitrogen and oxygen atoms in total. The van der Waals surface area contributed by atoms with Gasteiger partial charge in [0.2, 0.25) is 0 Å². The molecule has 0 amide bonds. The summed E-state index contributed by atoms with van der Waals surface area (Å²) in [6, 6.07) is 8.65. The van der Waals surface area contributed by atoms with Crippen LogP contribution in [0.25, 0.3) is 0 Å². The van der Waals surface area contributed by atoms with Gasteiger partial charge in [-0.2, -0.15) is 11.8 Å². The van der Waals surface area contributed by atoms with E-state index in [-0.39, 0.29) is 0 Å². The third-order valence-corrected chi connectivity index (χ3v) is 5.77. The summed E-state index contributed by atoms with van der Waals surface area (Å²) < 4.78 is 5.58. The first kappa shape index (κ1) is 26.4. The van der Waals surface area contributed by atoms with E-state index in [1.165, 1.54) is 11.1 Å². The van der Waals surface area contributed by atoms with E-state index in [4.69, 9.17) is 9.84 Å². The minimum atomic E-state index is -0.688. The second-order valence-corrected chi connectivity index (χ2v) is 8.97. The summed E-state index contributed by atoms with van der Waals surface area (Å²) in [7, 11) is 0. The Kier molecular flexibility index (Phi) is 15.1. The maximum atomic E-state index is 11.2. The minimum absolute atomic E-state index is 0.312. The minimum Gasteiger partial charge on any atom is -0.481 e. The Labute approximate surface area is 186 Å². The first-order chi connectivity index (χ1) is 14.5. The Morgan fingerprint density at radius 2 is 2.10 bits per heavy atom. The lowest BCUT2D eigenvalue weighted by atomic mass is 10.0. The number of thioether (sulfide) groups is 1. The highest BCUT2D eigenvalue weighted by Gasteiger charge is 2.18. The lowest BCUT2D eigenvalue weighted by Crippen LogP contribution is -1.95. The van der Waals surface area contributed by atoms with Crippen LogP contribution in [0.2, 0.25) is 0 Å². The van der Waals surface area contributed by atoms with E-state index in [1.54, 1.807) is 11.8 Å². The van der Waals surface area contributed by atoms with Crippen molar-refractivity contribution in [3.8, 4) is 0 Å². The van der Waals surface area contributed by atoms with E-state index in [1.807, 2.05) is 0 Å². The molecule has 1 aromatic carbocycles. The Balaban J connectivity index is 0.000000424. The maximum Gasteiger partial charge on any atom is 0.303 e. The molecule has 0 unspecified atom stereocenters. The van der Waals surface area contributed by atoms with E-state index in [0.717, 1.165) is 63.1 Å². The van der Waals surface area contributed by atoms with Gasteiger partial charge in [0.25, 0.3) is 0 Å². The number of Topliss-reactive ketones (excluding diaryl/α,β-unsaturated/α-hetero) is 1. The topological polar surface area (TPSA) is 63.6 Å². The molecular formula is C25H38O4S. The summed E-state index contributed by atoms with van der Waals surface area (Å²) in [6.07, 6.45) is 11.3. The highest BCUT2D eigenvalue weighted by atomic mass is 32.2. The zero-order chi connectivity index (χ0) is 22.0. The van der Waals surface area contributed by atoms with Crippen molar-refractivity contribution in [2.24, 2.45) is 5.92 Å². The van der Waals surface area contributed by atoms with Gasteiger partial charge in [-0.15, -0.1) is 0 Å². The molecule has 30 heavy (non-hydrogen) atoms. The third-order valence-electron chi connectivity index (χ3n) is 4.78. The lowest BCUT2D eigenvalue weighted by Gasteiger charge is -2.05. The van der Waals surface area contributed by atoms with Gasteiger partial charge < -0.3 is 9.84 Å². The van der Waals surface area contributed by atoms with Gasteiger partial charge in [-0.25, -0.2) is 0 Å². The van der Waals surface area contributed by atoms with Crippen LogP contribution in [0.4, 0.5) is 0 Å². The molecule has 0 saturated heterocycles. The summed E-state index contributed by atoms with van der Waals surface area (Å²) >= 11 is 1.79. The van der Waals surface area contributed by atoms with Crippen molar-refractivity contribution in [2.75, 3.05) is 18.1 Å². The second kappa shape index (κ2) is 17.1. The zero-order valence-electron chi connectivity index (χ0n) is 18.6. The van der Waals surface area contributed by atoms with Crippen LogP contribution in [0.3, 0.4) is 0 Å². The highest BCUT2D eigenvalue weighted by molar-refractivity contribution is 7.99. The van der Waals surface area contributed by atoms with Gasteiger partial charge in [0.1, 0.15) is 5.78 Å². The normalized spacial score (nSPS) is 15.9. The summed E-state index contributed by atoms with van der Waals surface area (Å²) in [5.74, 6) is 2.28. The van der Waals surface area contributed by atoms with Crippen molar-refractivity contribution in [3.05, 3.63) is 47.5 Å². The molecular weight excluding hydrogens is 396 g/mol. The number of carbonyl (C=O) groups excluding carboxylic acids is 1. The van der Waals surface area contributed by atoms with E-state index < -0.39 is 5.97 Å². The van der Waals surface area contributed by atoms with Crippen molar-refractivity contribution in [2.45, 2.75) is 71.8 Å². The summed E-state index contributed by atoms with van der Waals surface area (Å²) in [4.78, 5) is 21.2. The van der Waals surface area contributed by atoms with Crippen LogP contribution in [0, 0.1) is 5.92 Å². The number of hydrogen-bond acceptors (Lipinski definition) is 4. The molecule has 2 rings (SSSR count). The van der Waals surface area contributed by atoms with Crippen LogP contribution in [-0.4, -0.2) is 35.0 Å². The van der Waals surface area contributed by atoms with Crippen LogP contribution in [0.5, 0.6) is 0 Å². The van der Waals surface area contributed by atoms with Crippen LogP contribution in [0.1, 0.15) is 69.9 Å². The largest absolute Gasteiger partial charge is 0.481 e. The predicted octanol–water partition coefficient (Wildman–Crippen LogP) is 6.08. The van der Waals surface area contributed by atoms with Gasteiger partial charge in [0.15, 0.2) is 0 Å². The Bertz CT molecular complexity index is 642. The molecule has 1 saturated carbocycles. The summed E-state index contributed by atoms with van der Waals surface area (Å²) in [5, 5.41) is 8.20.